The highest BCUT2D eigenvalue weighted by atomic mass is 35.5. The molecule has 1 saturated heterocycles. The predicted octanol–water partition coefficient (Wildman–Crippen LogP) is 4.95. The Kier molecular flexibility index (Phi) is 7.49. The largest absolute Gasteiger partial charge is 0.453 e. The van der Waals surface area contributed by atoms with E-state index >= 15 is 0 Å². The quantitative estimate of drug-likeness (QED) is 0.504. The summed E-state index contributed by atoms with van der Waals surface area (Å²) in [6.07, 6.45) is 8.64. The molecule has 4 rings (SSSR count). The molecule has 0 saturated carbocycles. The van der Waals surface area contributed by atoms with Crippen LogP contribution >= 0.6 is 11.6 Å². The van der Waals surface area contributed by atoms with Crippen LogP contribution in [0.4, 0.5) is 10.2 Å². The first kappa shape index (κ1) is 23.4. The van der Waals surface area contributed by atoms with Crippen LogP contribution in [-0.2, 0) is 9.59 Å². The molecule has 0 radical (unpaired) electrons. The van der Waals surface area contributed by atoms with Crippen molar-refractivity contribution in [3.05, 3.63) is 83.5 Å². The first-order valence-corrected chi connectivity index (χ1v) is 11.1. The van der Waals surface area contributed by atoms with Crippen molar-refractivity contribution in [2.45, 2.75) is 12.8 Å². The zero-order valence-electron chi connectivity index (χ0n) is 18.2. The number of halogens is 2. The zero-order valence-corrected chi connectivity index (χ0v) is 18.9. The van der Waals surface area contributed by atoms with Gasteiger partial charge < -0.3 is 15.0 Å². The van der Waals surface area contributed by atoms with Crippen LogP contribution in [-0.4, -0.2) is 39.8 Å². The van der Waals surface area contributed by atoms with Crippen LogP contribution in [0.3, 0.4) is 0 Å². The number of amides is 2. The Balaban J connectivity index is 1.28. The van der Waals surface area contributed by atoms with Gasteiger partial charge >= 0.3 is 0 Å². The molecular weight excluding hydrogens is 459 g/mol. The Bertz CT molecular complexity index is 1180. The van der Waals surface area contributed by atoms with E-state index in [1.807, 2.05) is 0 Å². The van der Waals surface area contributed by atoms with Gasteiger partial charge in [-0.05, 0) is 60.9 Å². The molecule has 0 atom stereocenters. The number of rotatable bonds is 6. The van der Waals surface area contributed by atoms with Crippen molar-refractivity contribution < 1.29 is 18.7 Å². The van der Waals surface area contributed by atoms with Crippen LogP contribution < -0.4 is 10.1 Å². The molecule has 1 aliphatic heterocycles. The summed E-state index contributed by atoms with van der Waals surface area (Å²) in [5.74, 6) is -0.102. The molecule has 7 nitrogen and oxygen atoms in total. The topological polar surface area (TPSA) is 84.4 Å². The Hall–Kier alpha value is -3.78. The van der Waals surface area contributed by atoms with Gasteiger partial charge in [0.05, 0.1) is 11.2 Å². The third-order valence-electron chi connectivity index (χ3n) is 5.39. The second-order valence-corrected chi connectivity index (χ2v) is 8.20. The molecule has 3 aromatic rings. The van der Waals surface area contributed by atoms with Gasteiger partial charge in [-0.15, -0.1) is 0 Å². The Morgan fingerprint density at radius 3 is 2.65 bits per heavy atom. The van der Waals surface area contributed by atoms with Crippen molar-refractivity contribution >= 4 is 35.3 Å². The third kappa shape index (κ3) is 6.17. The van der Waals surface area contributed by atoms with Crippen molar-refractivity contribution in [3.8, 4) is 11.5 Å². The Labute approximate surface area is 201 Å². The van der Waals surface area contributed by atoms with E-state index in [9.17, 15) is 14.0 Å². The second kappa shape index (κ2) is 10.9. The monoisotopic (exact) mass is 480 g/mol. The summed E-state index contributed by atoms with van der Waals surface area (Å²) in [6, 6.07) is 11.2. The number of hydrogen-bond acceptors (Lipinski definition) is 5. The van der Waals surface area contributed by atoms with E-state index in [4.69, 9.17) is 16.3 Å². The van der Waals surface area contributed by atoms with Crippen molar-refractivity contribution in [1.29, 1.82) is 0 Å². The van der Waals surface area contributed by atoms with Gasteiger partial charge in [0.2, 0.25) is 11.8 Å². The van der Waals surface area contributed by atoms with Gasteiger partial charge in [-0.2, -0.15) is 0 Å². The van der Waals surface area contributed by atoms with E-state index in [0.29, 0.717) is 48.1 Å². The number of benzene rings is 1. The lowest BCUT2D eigenvalue weighted by Crippen LogP contribution is -2.40. The molecule has 1 aliphatic rings. The number of nitrogens with zero attached hydrogens (tertiary/aromatic N) is 3. The minimum absolute atomic E-state index is 0.0747. The summed E-state index contributed by atoms with van der Waals surface area (Å²) in [5, 5.41) is 3.27. The Morgan fingerprint density at radius 2 is 1.97 bits per heavy atom. The molecule has 1 N–H and O–H groups in total. The molecule has 3 heterocycles. The maximum Gasteiger partial charge on any atom is 0.246 e. The first-order valence-electron chi connectivity index (χ1n) is 10.7. The normalized spacial score (nSPS) is 14.2. The van der Waals surface area contributed by atoms with E-state index in [0.717, 1.165) is 0 Å². The fourth-order valence-corrected chi connectivity index (χ4v) is 3.66. The van der Waals surface area contributed by atoms with E-state index in [1.165, 1.54) is 30.6 Å². The average molecular weight is 481 g/mol. The van der Waals surface area contributed by atoms with Gasteiger partial charge in [0.25, 0.3) is 0 Å². The number of likely N-dealkylation sites (tertiary alicyclic amines) is 1. The van der Waals surface area contributed by atoms with E-state index in [2.05, 4.69) is 15.3 Å². The SMILES string of the molecule is O=C(Nc1ccc(Cl)cn1)C1CCN(C(=O)/C=C/c2ccc(Oc3cccnc3)c(F)c2)CC1. The first-order chi connectivity index (χ1) is 16.5. The standard InChI is InChI=1S/C25H22ClFN4O3/c26-19-5-7-23(29-15-19)30-25(33)18-9-12-31(13-10-18)24(32)8-4-17-3-6-22(21(27)14-17)34-20-2-1-11-28-16-20/h1-8,11,14-16,18H,9-10,12-13H2,(H,29,30,33)/b8-4+. The molecule has 9 heteroatoms. The summed E-state index contributed by atoms with van der Waals surface area (Å²) >= 11 is 5.81. The van der Waals surface area contributed by atoms with Crippen molar-refractivity contribution in [2.24, 2.45) is 5.92 Å². The van der Waals surface area contributed by atoms with Crippen LogP contribution in [0.1, 0.15) is 18.4 Å². The number of anilines is 1. The summed E-state index contributed by atoms with van der Waals surface area (Å²) < 4.78 is 19.9. The molecular formula is C25H22ClFN4O3. The third-order valence-corrected chi connectivity index (χ3v) is 5.62. The van der Waals surface area contributed by atoms with Crippen LogP contribution in [0.25, 0.3) is 6.08 Å². The van der Waals surface area contributed by atoms with Gasteiger partial charge in [0.15, 0.2) is 11.6 Å². The van der Waals surface area contributed by atoms with Gasteiger partial charge in [-0.1, -0.05) is 17.7 Å². The number of pyridine rings is 2. The highest BCUT2D eigenvalue weighted by molar-refractivity contribution is 6.30. The summed E-state index contributed by atoms with van der Waals surface area (Å²) in [4.78, 5) is 34.7. The van der Waals surface area contributed by atoms with Gasteiger partial charge in [-0.25, -0.2) is 9.37 Å². The molecule has 2 aromatic heterocycles. The fraction of sp³-hybridized carbons (Fsp3) is 0.200. The molecule has 34 heavy (non-hydrogen) atoms. The van der Waals surface area contributed by atoms with Crippen LogP contribution in [0.2, 0.25) is 5.02 Å². The zero-order chi connectivity index (χ0) is 23.9. The van der Waals surface area contributed by atoms with Gasteiger partial charge in [-0.3, -0.25) is 14.6 Å². The van der Waals surface area contributed by atoms with E-state index in [1.54, 1.807) is 47.5 Å². The summed E-state index contributed by atoms with van der Waals surface area (Å²) in [6.45, 7) is 0.920. The fourth-order valence-electron chi connectivity index (χ4n) is 3.55. The van der Waals surface area contributed by atoms with E-state index in [-0.39, 0.29) is 23.5 Å². The number of nitrogens with one attached hydrogen (secondary N) is 1. The maximum atomic E-state index is 14.4. The Morgan fingerprint density at radius 1 is 1.15 bits per heavy atom. The van der Waals surface area contributed by atoms with Gasteiger partial charge in [0, 0.05) is 37.5 Å². The van der Waals surface area contributed by atoms with Crippen LogP contribution in [0, 0.1) is 11.7 Å². The predicted molar refractivity (Wildman–Crippen MR) is 127 cm³/mol. The molecule has 0 aliphatic carbocycles. The number of aromatic nitrogens is 2. The van der Waals surface area contributed by atoms with Crippen LogP contribution in [0.15, 0.2) is 67.1 Å². The van der Waals surface area contributed by atoms with E-state index < -0.39 is 5.82 Å². The lowest BCUT2D eigenvalue weighted by atomic mass is 9.96. The molecule has 0 unspecified atom stereocenters. The molecule has 174 valence electrons. The lowest BCUT2D eigenvalue weighted by molar-refractivity contribution is -0.130. The van der Waals surface area contributed by atoms with Crippen molar-refractivity contribution in [2.75, 3.05) is 18.4 Å². The molecule has 0 spiro atoms. The smallest absolute Gasteiger partial charge is 0.246 e. The number of piperidine rings is 1. The van der Waals surface area contributed by atoms with Crippen molar-refractivity contribution in [3.63, 3.8) is 0 Å². The minimum Gasteiger partial charge on any atom is -0.453 e. The summed E-state index contributed by atoms with van der Waals surface area (Å²) in [7, 11) is 0. The highest BCUT2D eigenvalue weighted by Crippen LogP contribution is 2.25. The number of carbonyl (C=O) groups is 2. The molecule has 1 fully saturated rings. The maximum absolute atomic E-state index is 14.4. The summed E-state index contributed by atoms with van der Waals surface area (Å²) in [5.41, 5.74) is 0.536. The van der Waals surface area contributed by atoms with Crippen LogP contribution in [0.5, 0.6) is 11.5 Å². The van der Waals surface area contributed by atoms with Gasteiger partial charge in [0.1, 0.15) is 11.6 Å². The molecule has 0 bridgehead atoms. The molecule has 2 amide bonds. The molecule has 1 aromatic carbocycles. The number of carbonyl (C=O) groups excluding carboxylic acids is 2. The second-order valence-electron chi connectivity index (χ2n) is 7.76. The lowest BCUT2D eigenvalue weighted by Gasteiger charge is -2.30. The highest BCUT2D eigenvalue weighted by Gasteiger charge is 2.26. The van der Waals surface area contributed by atoms with Crippen molar-refractivity contribution in [1.82, 2.24) is 14.9 Å². The number of hydrogen-bond donors (Lipinski definition) is 1. The number of ether oxygens (including phenoxy) is 1. The average Bonchev–Trinajstić information content (AvgIpc) is 2.86. The minimum atomic E-state index is -0.541.